The molecular weight excluding hydrogens is 803 g/mol. The van der Waals surface area contributed by atoms with E-state index < -0.39 is 0 Å². The molecule has 0 unspecified atom stereocenters. The predicted octanol–water partition coefficient (Wildman–Crippen LogP) is 16.4. The van der Waals surface area contributed by atoms with Gasteiger partial charge < -0.3 is 5.11 Å². The van der Waals surface area contributed by atoms with Gasteiger partial charge >= 0.3 is 0 Å². The lowest BCUT2D eigenvalue weighted by Gasteiger charge is -2.24. The maximum absolute atomic E-state index is 11.6. The molecule has 0 fully saturated rings. The van der Waals surface area contributed by atoms with Crippen LogP contribution >= 0.6 is 0 Å². The van der Waals surface area contributed by atoms with Crippen molar-refractivity contribution in [2.24, 2.45) is 0 Å². The molecule has 8 aromatic carbocycles. The molecule has 10 aromatic rings. The molecule has 2 aromatic heterocycles. The standard InChI is InChI=1S/C62H53N3O/c1-61(2,3)50-30-28-45(29-31-50)52-33-32-51(62(4,5)6)40-57(52)65-56-22-15-21-53(59(56)64-60(65)54-20-13-14-23-58(54)66)48-36-47(42-18-11-8-12-19-42)37-49(38-48)55-39-46(34-35-63-55)44-26-24-43(25-27-44)41-16-9-7-10-17-41/h7-40,66H,1-6H3. The van der Waals surface area contributed by atoms with E-state index in [-0.39, 0.29) is 16.6 Å². The minimum atomic E-state index is -0.120. The van der Waals surface area contributed by atoms with Crippen LogP contribution in [0.5, 0.6) is 5.75 Å². The Bertz CT molecular complexity index is 3350. The van der Waals surface area contributed by atoms with Crippen molar-refractivity contribution < 1.29 is 5.11 Å². The molecule has 0 atom stereocenters. The number of hydrogen-bond donors (Lipinski definition) is 1. The van der Waals surface area contributed by atoms with Gasteiger partial charge in [-0.3, -0.25) is 9.55 Å². The molecule has 322 valence electrons. The monoisotopic (exact) mass is 855 g/mol. The number of nitrogens with zero attached hydrogens (tertiary/aromatic N) is 3. The molecule has 4 nitrogen and oxygen atoms in total. The van der Waals surface area contributed by atoms with Crippen molar-refractivity contribution in [2.75, 3.05) is 0 Å². The normalized spacial score (nSPS) is 11.8. The quantitative estimate of drug-likeness (QED) is 0.166. The second-order valence-corrected chi connectivity index (χ2v) is 19.3. The fourth-order valence-electron chi connectivity index (χ4n) is 8.98. The summed E-state index contributed by atoms with van der Waals surface area (Å²) in [5.74, 6) is 0.842. The van der Waals surface area contributed by atoms with Crippen LogP contribution in [0.3, 0.4) is 0 Å². The Balaban J connectivity index is 1.18. The van der Waals surface area contributed by atoms with E-state index in [1.807, 2.05) is 30.5 Å². The van der Waals surface area contributed by atoms with E-state index in [1.165, 1.54) is 22.3 Å². The van der Waals surface area contributed by atoms with Crippen molar-refractivity contribution in [3.05, 3.63) is 218 Å². The number of pyridine rings is 1. The van der Waals surface area contributed by atoms with Gasteiger partial charge in [-0.05, 0) is 121 Å². The van der Waals surface area contributed by atoms with Crippen molar-refractivity contribution >= 4 is 11.0 Å². The Labute approximate surface area is 388 Å². The molecule has 4 heteroatoms. The number of aromatic hydroxyl groups is 1. The average molecular weight is 856 g/mol. The molecular formula is C62H53N3O. The number of benzene rings is 8. The summed E-state index contributed by atoms with van der Waals surface area (Å²) < 4.78 is 2.26. The Morgan fingerprint density at radius 2 is 0.939 bits per heavy atom. The molecule has 66 heavy (non-hydrogen) atoms. The summed E-state index contributed by atoms with van der Waals surface area (Å²) in [5.41, 5.74) is 18.7. The lowest BCUT2D eigenvalue weighted by Crippen LogP contribution is -2.13. The van der Waals surface area contributed by atoms with E-state index in [2.05, 4.69) is 216 Å². The first-order valence-electron chi connectivity index (χ1n) is 22.8. The maximum Gasteiger partial charge on any atom is 0.149 e. The fraction of sp³-hybridized carbons (Fsp3) is 0.129. The SMILES string of the molecule is CC(C)(C)c1ccc(-c2ccc(C(C)(C)C)cc2-n2c(-c3ccccc3O)nc3c(-c4cc(-c5ccccc5)cc(-c5cc(-c6ccc(-c7ccccc7)cc6)ccn5)c4)cccc32)cc1. The summed E-state index contributed by atoms with van der Waals surface area (Å²) in [5, 5.41) is 11.6. The minimum absolute atomic E-state index is 0.0258. The summed E-state index contributed by atoms with van der Waals surface area (Å²) >= 11 is 0. The van der Waals surface area contributed by atoms with Crippen LogP contribution in [0.2, 0.25) is 0 Å². The van der Waals surface area contributed by atoms with Gasteiger partial charge in [0, 0.05) is 22.9 Å². The second-order valence-electron chi connectivity index (χ2n) is 19.3. The fourth-order valence-corrected chi connectivity index (χ4v) is 8.98. The van der Waals surface area contributed by atoms with E-state index in [9.17, 15) is 5.11 Å². The van der Waals surface area contributed by atoms with Gasteiger partial charge in [0.15, 0.2) is 0 Å². The number of fused-ring (bicyclic) bond motifs is 1. The van der Waals surface area contributed by atoms with Crippen LogP contribution in [-0.2, 0) is 10.8 Å². The number of phenolic OH excluding ortho intramolecular Hbond substituents is 1. The Morgan fingerprint density at radius 1 is 0.394 bits per heavy atom. The van der Waals surface area contributed by atoms with E-state index in [1.54, 1.807) is 6.07 Å². The molecule has 10 rings (SSSR count). The largest absolute Gasteiger partial charge is 0.507 e. The molecule has 0 aliphatic carbocycles. The Hall–Kier alpha value is -7.82. The smallest absolute Gasteiger partial charge is 0.149 e. The molecule has 0 aliphatic heterocycles. The second kappa shape index (κ2) is 17.0. The molecule has 0 spiro atoms. The first kappa shape index (κ1) is 42.1. The van der Waals surface area contributed by atoms with Gasteiger partial charge in [-0.15, -0.1) is 0 Å². The highest BCUT2D eigenvalue weighted by Crippen LogP contribution is 2.43. The van der Waals surface area contributed by atoms with Gasteiger partial charge in [-0.1, -0.05) is 187 Å². The number of aromatic nitrogens is 3. The number of imidazole rings is 1. The van der Waals surface area contributed by atoms with Crippen LogP contribution in [-0.4, -0.2) is 19.6 Å². The molecule has 0 amide bonds. The highest BCUT2D eigenvalue weighted by molar-refractivity contribution is 5.98. The van der Waals surface area contributed by atoms with Crippen molar-refractivity contribution in [1.29, 1.82) is 0 Å². The van der Waals surface area contributed by atoms with Crippen LogP contribution in [0.1, 0.15) is 52.7 Å². The Morgan fingerprint density at radius 3 is 1.61 bits per heavy atom. The zero-order valence-corrected chi connectivity index (χ0v) is 38.4. The molecule has 0 aliphatic rings. The summed E-state index contributed by atoms with van der Waals surface area (Å²) in [6.45, 7) is 13.5. The maximum atomic E-state index is 11.6. The minimum Gasteiger partial charge on any atom is -0.507 e. The number of hydrogen-bond acceptors (Lipinski definition) is 3. The van der Waals surface area contributed by atoms with Gasteiger partial charge in [0.1, 0.15) is 11.6 Å². The highest BCUT2D eigenvalue weighted by atomic mass is 16.3. The molecule has 0 saturated carbocycles. The van der Waals surface area contributed by atoms with E-state index in [0.29, 0.717) is 11.4 Å². The molecule has 0 saturated heterocycles. The third kappa shape index (κ3) is 8.23. The average Bonchev–Trinajstić information content (AvgIpc) is 3.73. The lowest BCUT2D eigenvalue weighted by atomic mass is 9.84. The number of para-hydroxylation sites is 2. The molecule has 2 heterocycles. The highest BCUT2D eigenvalue weighted by Gasteiger charge is 2.25. The first-order valence-corrected chi connectivity index (χ1v) is 22.8. The summed E-state index contributed by atoms with van der Waals surface area (Å²) in [6.07, 6.45) is 1.91. The number of phenols is 1. The van der Waals surface area contributed by atoms with Crippen molar-refractivity contribution in [2.45, 2.75) is 52.4 Å². The molecule has 0 bridgehead atoms. The van der Waals surface area contributed by atoms with E-state index in [4.69, 9.17) is 9.97 Å². The van der Waals surface area contributed by atoms with Gasteiger partial charge in [0.25, 0.3) is 0 Å². The van der Waals surface area contributed by atoms with Crippen LogP contribution < -0.4 is 0 Å². The van der Waals surface area contributed by atoms with E-state index >= 15 is 0 Å². The van der Waals surface area contributed by atoms with Crippen LogP contribution in [0.25, 0.3) is 95.0 Å². The van der Waals surface area contributed by atoms with Gasteiger partial charge in [0.2, 0.25) is 0 Å². The van der Waals surface area contributed by atoms with E-state index in [0.717, 1.165) is 72.5 Å². The van der Waals surface area contributed by atoms with Gasteiger partial charge in [-0.2, -0.15) is 0 Å². The van der Waals surface area contributed by atoms with Gasteiger partial charge in [-0.25, -0.2) is 4.98 Å². The summed E-state index contributed by atoms with van der Waals surface area (Å²) in [7, 11) is 0. The molecule has 1 N–H and O–H groups in total. The summed E-state index contributed by atoms with van der Waals surface area (Å²) in [6, 6.07) is 70.5. The van der Waals surface area contributed by atoms with Gasteiger partial charge in [0.05, 0.1) is 28.0 Å². The van der Waals surface area contributed by atoms with Crippen LogP contribution in [0.15, 0.2) is 206 Å². The van der Waals surface area contributed by atoms with Crippen molar-refractivity contribution in [3.8, 4) is 89.7 Å². The zero-order chi connectivity index (χ0) is 45.6. The van der Waals surface area contributed by atoms with Crippen LogP contribution in [0.4, 0.5) is 0 Å². The topological polar surface area (TPSA) is 50.9 Å². The Kier molecular flexibility index (Phi) is 10.8. The van der Waals surface area contributed by atoms with Crippen molar-refractivity contribution in [1.82, 2.24) is 14.5 Å². The lowest BCUT2D eigenvalue weighted by molar-refractivity contribution is 0.477. The molecule has 0 radical (unpaired) electrons. The predicted molar refractivity (Wildman–Crippen MR) is 276 cm³/mol. The van der Waals surface area contributed by atoms with Crippen LogP contribution in [0, 0.1) is 0 Å². The zero-order valence-electron chi connectivity index (χ0n) is 38.4. The first-order chi connectivity index (χ1) is 31.9. The number of rotatable bonds is 8. The third-order valence-corrected chi connectivity index (χ3v) is 12.7. The van der Waals surface area contributed by atoms with Crippen molar-refractivity contribution in [3.63, 3.8) is 0 Å². The third-order valence-electron chi connectivity index (χ3n) is 12.7. The summed E-state index contributed by atoms with van der Waals surface area (Å²) in [4.78, 5) is 10.5.